The van der Waals surface area contributed by atoms with E-state index >= 15 is 0 Å². The van der Waals surface area contributed by atoms with Crippen LogP contribution >= 0.6 is 11.3 Å². The summed E-state index contributed by atoms with van der Waals surface area (Å²) in [6.45, 7) is 2.49. The van der Waals surface area contributed by atoms with Crippen LogP contribution in [-0.4, -0.2) is 17.4 Å². The lowest BCUT2D eigenvalue weighted by atomic mass is 10.0. The molecule has 4 heteroatoms. The fraction of sp³-hybridized carbons (Fsp3) is 0.200. The number of ether oxygens (including phenoxy) is 1. The average molecular weight is 271 g/mol. The molecule has 1 aromatic heterocycles. The summed E-state index contributed by atoms with van der Waals surface area (Å²) in [5, 5.41) is 0. The molecule has 0 unspecified atom stereocenters. The van der Waals surface area contributed by atoms with Crippen LogP contribution in [0.1, 0.15) is 27.3 Å². The summed E-state index contributed by atoms with van der Waals surface area (Å²) in [7, 11) is 0. The summed E-state index contributed by atoms with van der Waals surface area (Å²) >= 11 is 1.55. The van der Waals surface area contributed by atoms with Crippen LogP contribution in [0, 0.1) is 6.92 Å². The van der Waals surface area contributed by atoms with Gasteiger partial charge in [-0.3, -0.25) is 4.79 Å². The standard InChI is InChI=1S/C15H13NO2S/c1-10-14(19-9-16-10)8-11-6-7-18-13-5-3-2-4-12(13)15(11)17/h2-5,8-9H,6-7H2,1H3. The number of thiazole rings is 1. The van der Waals surface area contributed by atoms with Crippen LogP contribution < -0.4 is 4.74 Å². The summed E-state index contributed by atoms with van der Waals surface area (Å²) in [5.41, 5.74) is 4.20. The highest BCUT2D eigenvalue weighted by Crippen LogP contribution is 2.28. The number of aryl methyl sites for hydroxylation is 1. The number of carbonyl (C=O) groups excluding carboxylic acids is 1. The van der Waals surface area contributed by atoms with E-state index in [9.17, 15) is 4.79 Å². The zero-order chi connectivity index (χ0) is 13.2. The van der Waals surface area contributed by atoms with Gasteiger partial charge in [0.15, 0.2) is 5.78 Å². The SMILES string of the molecule is Cc1ncsc1C=C1CCOc2ccccc2C1=O. The van der Waals surface area contributed by atoms with Crippen molar-refractivity contribution in [1.82, 2.24) is 4.98 Å². The summed E-state index contributed by atoms with van der Waals surface area (Å²) in [6, 6.07) is 7.40. The van der Waals surface area contributed by atoms with Gasteiger partial charge in [-0.2, -0.15) is 0 Å². The molecule has 0 saturated heterocycles. The zero-order valence-electron chi connectivity index (χ0n) is 10.6. The number of carbonyl (C=O) groups is 1. The molecule has 0 radical (unpaired) electrons. The number of ketones is 1. The van der Waals surface area contributed by atoms with E-state index in [0.29, 0.717) is 24.3 Å². The third-order valence-electron chi connectivity index (χ3n) is 3.14. The fourth-order valence-corrected chi connectivity index (χ4v) is 2.84. The Morgan fingerprint density at radius 1 is 1.37 bits per heavy atom. The van der Waals surface area contributed by atoms with Gasteiger partial charge in [0, 0.05) is 12.0 Å². The van der Waals surface area contributed by atoms with Crippen LogP contribution in [0.15, 0.2) is 35.3 Å². The van der Waals surface area contributed by atoms with Crippen LogP contribution in [-0.2, 0) is 0 Å². The number of benzene rings is 1. The first-order valence-electron chi connectivity index (χ1n) is 6.13. The third-order valence-corrected chi connectivity index (χ3v) is 4.02. The Hall–Kier alpha value is -1.94. The second-order valence-electron chi connectivity index (χ2n) is 4.40. The van der Waals surface area contributed by atoms with Crippen molar-refractivity contribution in [2.75, 3.05) is 6.61 Å². The third kappa shape index (κ3) is 2.31. The molecule has 96 valence electrons. The molecule has 0 amide bonds. The van der Waals surface area contributed by atoms with E-state index in [-0.39, 0.29) is 5.78 Å². The van der Waals surface area contributed by atoms with E-state index < -0.39 is 0 Å². The molecule has 0 spiro atoms. The normalized spacial score (nSPS) is 16.9. The summed E-state index contributed by atoms with van der Waals surface area (Å²) in [5.74, 6) is 0.734. The van der Waals surface area contributed by atoms with Crippen molar-refractivity contribution in [3.05, 3.63) is 51.5 Å². The number of fused-ring (bicyclic) bond motifs is 1. The molecule has 1 aromatic carbocycles. The first-order chi connectivity index (χ1) is 9.25. The second-order valence-corrected chi connectivity index (χ2v) is 5.28. The Balaban J connectivity index is 2.03. The Kier molecular flexibility index (Phi) is 3.17. The van der Waals surface area contributed by atoms with Crippen molar-refractivity contribution >= 4 is 23.2 Å². The van der Waals surface area contributed by atoms with Gasteiger partial charge in [0.1, 0.15) is 5.75 Å². The minimum Gasteiger partial charge on any atom is -0.492 e. The highest BCUT2D eigenvalue weighted by Gasteiger charge is 2.20. The maximum atomic E-state index is 12.5. The largest absolute Gasteiger partial charge is 0.492 e. The fourth-order valence-electron chi connectivity index (χ4n) is 2.08. The van der Waals surface area contributed by atoms with Gasteiger partial charge in [0.05, 0.1) is 28.3 Å². The maximum absolute atomic E-state index is 12.5. The number of aromatic nitrogens is 1. The summed E-state index contributed by atoms with van der Waals surface area (Å²) in [6.07, 6.45) is 2.58. The lowest BCUT2D eigenvalue weighted by Gasteiger charge is -2.03. The molecule has 1 aliphatic rings. The predicted molar refractivity (Wildman–Crippen MR) is 75.7 cm³/mol. The maximum Gasteiger partial charge on any atom is 0.192 e. The van der Waals surface area contributed by atoms with Crippen LogP contribution in [0.4, 0.5) is 0 Å². The van der Waals surface area contributed by atoms with Gasteiger partial charge in [-0.1, -0.05) is 12.1 Å². The van der Waals surface area contributed by atoms with E-state index in [4.69, 9.17) is 4.74 Å². The Morgan fingerprint density at radius 3 is 3.00 bits per heavy atom. The van der Waals surface area contributed by atoms with Crippen LogP contribution in [0.3, 0.4) is 0 Å². The lowest BCUT2D eigenvalue weighted by molar-refractivity contribution is 0.103. The predicted octanol–water partition coefficient (Wildman–Crippen LogP) is 3.50. The van der Waals surface area contributed by atoms with E-state index in [1.54, 1.807) is 16.8 Å². The van der Waals surface area contributed by atoms with Crippen molar-refractivity contribution in [2.45, 2.75) is 13.3 Å². The number of Topliss-reactive ketones (excluding diaryl/α,β-unsaturated/α-hetero) is 1. The van der Waals surface area contributed by atoms with E-state index in [2.05, 4.69) is 4.98 Å². The van der Waals surface area contributed by atoms with Crippen molar-refractivity contribution in [2.24, 2.45) is 0 Å². The number of nitrogens with zero attached hydrogens (tertiary/aromatic N) is 1. The molecule has 0 fully saturated rings. The molecule has 0 bridgehead atoms. The van der Waals surface area contributed by atoms with Crippen LogP contribution in [0.2, 0.25) is 0 Å². The highest BCUT2D eigenvalue weighted by atomic mass is 32.1. The Morgan fingerprint density at radius 2 is 2.21 bits per heavy atom. The molecule has 0 aliphatic carbocycles. The Bertz CT molecular complexity index is 658. The van der Waals surface area contributed by atoms with E-state index in [1.807, 2.05) is 37.3 Å². The minimum atomic E-state index is 0.0564. The molecule has 3 nitrogen and oxygen atoms in total. The highest BCUT2D eigenvalue weighted by molar-refractivity contribution is 7.10. The van der Waals surface area contributed by atoms with Crippen molar-refractivity contribution < 1.29 is 9.53 Å². The van der Waals surface area contributed by atoms with Gasteiger partial charge in [0.2, 0.25) is 0 Å². The van der Waals surface area contributed by atoms with Crippen molar-refractivity contribution in [1.29, 1.82) is 0 Å². The first-order valence-corrected chi connectivity index (χ1v) is 7.01. The average Bonchev–Trinajstić information content (AvgIpc) is 2.75. The van der Waals surface area contributed by atoms with Gasteiger partial charge < -0.3 is 4.74 Å². The van der Waals surface area contributed by atoms with Crippen LogP contribution in [0.5, 0.6) is 5.75 Å². The zero-order valence-corrected chi connectivity index (χ0v) is 11.4. The van der Waals surface area contributed by atoms with Gasteiger partial charge in [-0.15, -0.1) is 11.3 Å². The number of rotatable bonds is 1. The summed E-state index contributed by atoms with van der Waals surface area (Å²) in [4.78, 5) is 17.8. The minimum absolute atomic E-state index is 0.0564. The Labute approximate surface area is 115 Å². The number of hydrogen-bond acceptors (Lipinski definition) is 4. The van der Waals surface area contributed by atoms with Gasteiger partial charge in [-0.25, -0.2) is 4.98 Å². The van der Waals surface area contributed by atoms with Gasteiger partial charge in [0.25, 0.3) is 0 Å². The molecule has 0 N–H and O–H groups in total. The van der Waals surface area contributed by atoms with Gasteiger partial charge >= 0.3 is 0 Å². The number of para-hydroxylation sites is 1. The molecule has 19 heavy (non-hydrogen) atoms. The van der Waals surface area contributed by atoms with E-state index in [1.165, 1.54) is 0 Å². The van der Waals surface area contributed by atoms with Crippen molar-refractivity contribution in [3.63, 3.8) is 0 Å². The first kappa shape index (κ1) is 12.1. The molecule has 0 atom stereocenters. The smallest absolute Gasteiger partial charge is 0.192 e. The monoisotopic (exact) mass is 271 g/mol. The van der Waals surface area contributed by atoms with E-state index in [0.717, 1.165) is 16.1 Å². The molecule has 2 aromatic rings. The lowest BCUT2D eigenvalue weighted by Crippen LogP contribution is -2.01. The molecule has 3 rings (SSSR count). The van der Waals surface area contributed by atoms with Gasteiger partial charge in [-0.05, 0) is 25.1 Å². The molecular formula is C15H13NO2S. The number of hydrogen-bond donors (Lipinski definition) is 0. The van der Waals surface area contributed by atoms with Crippen LogP contribution in [0.25, 0.3) is 6.08 Å². The summed E-state index contributed by atoms with van der Waals surface area (Å²) < 4.78 is 5.62. The van der Waals surface area contributed by atoms with Crippen molar-refractivity contribution in [3.8, 4) is 5.75 Å². The second kappa shape index (κ2) is 4.97. The molecule has 2 heterocycles. The molecule has 1 aliphatic heterocycles. The quantitative estimate of drug-likeness (QED) is 0.745. The molecule has 0 saturated carbocycles. The molecular weight excluding hydrogens is 258 g/mol. The topological polar surface area (TPSA) is 39.2 Å².